The third-order valence-electron chi connectivity index (χ3n) is 4.27. The maximum atomic E-state index is 12.7. The molecule has 10 heteroatoms. The lowest BCUT2D eigenvalue weighted by atomic mass is 10.1. The molecule has 0 fully saturated rings. The van der Waals surface area contributed by atoms with Gasteiger partial charge in [-0.05, 0) is 42.5 Å². The summed E-state index contributed by atoms with van der Waals surface area (Å²) >= 11 is 1.40. The number of nitrogens with zero attached hydrogens (tertiary/aromatic N) is 1. The van der Waals surface area contributed by atoms with Crippen molar-refractivity contribution in [3.63, 3.8) is 0 Å². The van der Waals surface area contributed by atoms with E-state index in [1.807, 2.05) is 0 Å². The van der Waals surface area contributed by atoms with Gasteiger partial charge in [0.15, 0.2) is 0 Å². The number of alkyl halides is 3. The van der Waals surface area contributed by atoms with Crippen LogP contribution in [0, 0.1) is 0 Å². The van der Waals surface area contributed by atoms with Crippen molar-refractivity contribution >= 4 is 29.1 Å². The van der Waals surface area contributed by atoms with Crippen LogP contribution in [-0.4, -0.2) is 42.4 Å². The van der Waals surface area contributed by atoms with Gasteiger partial charge in [0.05, 0.1) is 12.2 Å². The molecule has 0 aliphatic rings. The summed E-state index contributed by atoms with van der Waals surface area (Å²) in [6.45, 7) is 1.71. The predicted molar refractivity (Wildman–Crippen MR) is 109 cm³/mol. The van der Waals surface area contributed by atoms with Gasteiger partial charge >= 0.3 is 12.1 Å². The standard InChI is InChI=1S/C21H23F3N2O4S/c1-2-30-19(28)13-26(12-15-5-7-17(8-6-15)21(22,23)24)18(27)4-3-10-25-20(29)16-9-11-31-14-16/h5-9,11,14H,2-4,10,12-13H2,1H3,(H,25,29). The van der Waals surface area contributed by atoms with Gasteiger partial charge < -0.3 is 15.0 Å². The second kappa shape index (κ2) is 11.5. The molecule has 1 aromatic heterocycles. The summed E-state index contributed by atoms with van der Waals surface area (Å²) < 4.78 is 43.1. The van der Waals surface area contributed by atoms with Crippen molar-refractivity contribution in [1.29, 1.82) is 0 Å². The summed E-state index contributed by atoms with van der Waals surface area (Å²) in [6.07, 6.45) is -4.04. The van der Waals surface area contributed by atoms with Gasteiger partial charge in [-0.3, -0.25) is 14.4 Å². The number of nitrogens with one attached hydrogen (secondary N) is 1. The molecule has 0 aliphatic heterocycles. The maximum Gasteiger partial charge on any atom is 0.416 e. The Balaban J connectivity index is 1.93. The molecule has 0 spiro atoms. The summed E-state index contributed by atoms with van der Waals surface area (Å²) in [5.74, 6) is -1.20. The van der Waals surface area contributed by atoms with Crippen LogP contribution in [0.1, 0.15) is 41.3 Å². The maximum absolute atomic E-state index is 12.7. The molecule has 0 aliphatic carbocycles. The zero-order chi connectivity index (χ0) is 22.9. The van der Waals surface area contributed by atoms with E-state index in [0.29, 0.717) is 17.5 Å². The van der Waals surface area contributed by atoms with Gasteiger partial charge in [-0.25, -0.2) is 0 Å². The van der Waals surface area contributed by atoms with Crippen LogP contribution in [0.3, 0.4) is 0 Å². The number of thiophene rings is 1. The van der Waals surface area contributed by atoms with Crippen LogP contribution in [0.2, 0.25) is 0 Å². The van der Waals surface area contributed by atoms with Crippen molar-refractivity contribution in [1.82, 2.24) is 10.2 Å². The Morgan fingerprint density at radius 2 is 1.84 bits per heavy atom. The molecule has 0 saturated heterocycles. The van der Waals surface area contributed by atoms with Crippen LogP contribution in [0.25, 0.3) is 0 Å². The summed E-state index contributed by atoms with van der Waals surface area (Å²) in [5.41, 5.74) is 0.208. The number of hydrogen-bond donors (Lipinski definition) is 1. The van der Waals surface area contributed by atoms with Gasteiger partial charge in [0.25, 0.3) is 5.91 Å². The van der Waals surface area contributed by atoms with E-state index in [1.165, 1.54) is 28.4 Å². The smallest absolute Gasteiger partial charge is 0.416 e. The molecule has 0 radical (unpaired) electrons. The highest BCUT2D eigenvalue weighted by Gasteiger charge is 2.30. The van der Waals surface area contributed by atoms with E-state index >= 15 is 0 Å². The number of halogens is 3. The van der Waals surface area contributed by atoms with Crippen LogP contribution in [0.15, 0.2) is 41.1 Å². The lowest BCUT2D eigenvalue weighted by molar-refractivity contribution is -0.149. The first-order valence-corrected chi connectivity index (χ1v) is 10.5. The zero-order valence-electron chi connectivity index (χ0n) is 16.9. The molecular formula is C21H23F3N2O4S. The van der Waals surface area contributed by atoms with Crippen molar-refractivity contribution in [3.05, 3.63) is 57.8 Å². The van der Waals surface area contributed by atoms with Gasteiger partial charge in [-0.2, -0.15) is 24.5 Å². The van der Waals surface area contributed by atoms with Crippen molar-refractivity contribution in [2.45, 2.75) is 32.5 Å². The molecule has 2 rings (SSSR count). The first-order chi connectivity index (χ1) is 14.7. The average molecular weight is 456 g/mol. The Kier molecular flexibility index (Phi) is 9.04. The van der Waals surface area contributed by atoms with Crippen LogP contribution in [-0.2, 0) is 27.0 Å². The molecule has 1 aromatic carbocycles. The van der Waals surface area contributed by atoms with Crippen molar-refractivity contribution in [2.75, 3.05) is 19.7 Å². The average Bonchev–Trinajstić information content (AvgIpc) is 3.25. The second-order valence-corrected chi connectivity index (χ2v) is 7.40. The molecule has 2 aromatic rings. The summed E-state index contributed by atoms with van der Waals surface area (Å²) in [4.78, 5) is 37.6. The van der Waals surface area contributed by atoms with Gasteiger partial charge in [-0.15, -0.1) is 0 Å². The Morgan fingerprint density at radius 3 is 2.42 bits per heavy atom. The van der Waals surface area contributed by atoms with E-state index in [9.17, 15) is 27.6 Å². The third kappa shape index (κ3) is 8.05. The van der Waals surface area contributed by atoms with E-state index in [1.54, 1.807) is 23.8 Å². The molecule has 1 N–H and O–H groups in total. The minimum absolute atomic E-state index is 0.0307. The fourth-order valence-electron chi connectivity index (χ4n) is 2.71. The zero-order valence-corrected chi connectivity index (χ0v) is 17.7. The number of amides is 2. The van der Waals surface area contributed by atoms with Crippen molar-refractivity contribution < 1.29 is 32.3 Å². The second-order valence-electron chi connectivity index (χ2n) is 6.62. The quantitative estimate of drug-likeness (QED) is 0.435. The normalized spacial score (nSPS) is 11.1. The summed E-state index contributed by atoms with van der Waals surface area (Å²) in [7, 11) is 0. The number of esters is 1. The lowest BCUT2D eigenvalue weighted by Crippen LogP contribution is -2.36. The van der Waals surface area contributed by atoms with E-state index in [4.69, 9.17) is 4.74 Å². The van der Waals surface area contributed by atoms with Crippen LogP contribution in [0.4, 0.5) is 13.2 Å². The van der Waals surface area contributed by atoms with E-state index < -0.39 is 17.7 Å². The van der Waals surface area contributed by atoms with E-state index in [0.717, 1.165) is 12.1 Å². The topological polar surface area (TPSA) is 75.7 Å². The number of benzene rings is 1. The number of rotatable bonds is 10. The van der Waals surface area contributed by atoms with Crippen LogP contribution >= 0.6 is 11.3 Å². The number of carbonyl (C=O) groups is 3. The predicted octanol–water partition coefficient (Wildman–Crippen LogP) is 3.87. The minimum atomic E-state index is -4.45. The van der Waals surface area contributed by atoms with Crippen molar-refractivity contribution in [3.8, 4) is 0 Å². The first-order valence-electron chi connectivity index (χ1n) is 9.60. The van der Waals surface area contributed by atoms with Crippen LogP contribution < -0.4 is 5.32 Å². The van der Waals surface area contributed by atoms with E-state index in [2.05, 4.69) is 5.32 Å². The SMILES string of the molecule is CCOC(=O)CN(Cc1ccc(C(F)(F)F)cc1)C(=O)CCCNC(=O)c1ccsc1. The molecule has 168 valence electrons. The molecular weight excluding hydrogens is 433 g/mol. The van der Waals surface area contributed by atoms with Crippen molar-refractivity contribution in [2.24, 2.45) is 0 Å². The first kappa shape index (κ1) is 24.4. The number of ether oxygens (including phenoxy) is 1. The Bertz CT molecular complexity index is 868. The summed E-state index contributed by atoms with van der Waals surface area (Å²) in [5, 5.41) is 6.21. The molecule has 0 saturated carbocycles. The third-order valence-corrected chi connectivity index (χ3v) is 4.95. The highest BCUT2D eigenvalue weighted by Crippen LogP contribution is 2.29. The molecule has 6 nitrogen and oxygen atoms in total. The largest absolute Gasteiger partial charge is 0.465 e. The fourth-order valence-corrected chi connectivity index (χ4v) is 3.35. The summed E-state index contributed by atoms with van der Waals surface area (Å²) in [6, 6.07) is 6.10. The highest BCUT2D eigenvalue weighted by atomic mass is 32.1. The molecule has 0 unspecified atom stereocenters. The molecule has 0 atom stereocenters. The highest BCUT2D eigenvalue weighted by molar-refractivity contribution is 7.08. The molecule has 0 bridgehead atoms. The molecule has 1 heterocycles. The molecule has 31 heavy (non-hydrogen) atoms. The van der Waals surface area contributed by atoms with Crippen LogP contribution in [0.5, 0.6) is 0 Å². The van der Waals surface area contributed by atoms with Gasteiger partial charge in [-0.1, -0.05) is 12.1 Å². The Hall–Kier alpha value is -2.88. The monoisotopic (exact) mass is 456 g/mol. The number of carbonyl (C=O) groups excluding carboxylic acids is 3. The van der Waals surface area contributed by atoms with Gasteiger partial charge in [0.1, 0.15) is 6.54 Å². The fraction of sp³-hybridized carbons (Fsp3) is 0.381. The van der Waals surface area contributed by atoms with Gasteiger partial charge in [0.2, 0.25) is 5.91 Å². The van der Waals surface area contributed by atoms with Gasteiger partial charge in [0, 0.05) is 30.5 Å². The minimum Gasteiger partial charge on any atom is -0.465 e. The lowest BCUT2D eigenvalue weighted by Gasteiger charge is -2.22. The number of hydrogen-bond acceptors (Lipinski definition) is 5. The molecule has 2 amide bonds. The Labute approximate surface area is 182 Å². The van der Waals surface area contributed by atoms with E-state index in [-0.39, 0.29) is 44.5 Å². The Morgan fingerprint density at radius 1 is 1.13 bits per heavy atom.